The molecule has 0 amide bonds. The predicted octanol–water partition coefficient (Wildman–Crippen LogP) is 9.61. The average molecular weight is 615 g/mol. The molecule has 0 N–H and O–H groups in total. The van der Waals surface area contributed by atoms with E-state index in [1.807, 2.05) is 0 Å². The Bertz CT molecular complexity index is 939. The van der Waals surface area contributed by atoms with Crippen LogP contribution in [0.5, 0.6) is 11.5 Å². The van der Waals surface area contributed by atoms with E-state index in [9.17, 15) is 14.4 Å². The monoisotopic (exact) mass is 614 g/mol. The van der Waals surface area contributed by atoms with Crippen molar-refractivity contribution in [1.29, 1.82) is 0 Å². The molecular weight excluding hydrogens is 565 g/mol. The number of benzene rings is 2. The van der Waals surface area contributed by atoms with E-state index in [1.54, 1.807) is 48.5 Å². The van der Waals surface area contributed by atoms with Gasteiger partial charge in [-0.25, -0.2) is 0 Å². The number of esters is 2. The van der Waals surface area contributed by atoms with Gasteiger partial charge in [0, 0.05) is 24.0 Å². The molecule has 2 rings (SSSR count). The van der Waals surface area contributed by atoms with Gasteiger partial charge in [0.25, 0.3) is 0 Å². The molecule has 0 heterocycles. The maximum Gasteiger partial charge on any atom is 0.311 e. The van der Waals surface area contributed by atoms with Crippen molar-refractivity contribution >= 4 is 43.0 Å². The highest BCUT2D eigenvalue weighted by Gasteiger charge is 2.12. The van der Waals surface area contributed by atoms with Crippen LogP contribution in [0, 0.1) is 0 Å². The van der Waals surface area contributed by atoms with Crippen LogP contribution < -0.4 is 9.47 Å². The van der Waals surface area contributed by atoms with Crippen LogP contribution >= 0.6 is 25.3 Å². The number of ketones is 1. The predicted molar refractivity (Wildman–Crippen MR) is 178 cm³/mol. The van der Waals surface area contributed by atoms with Gasteiger partial charge in [0.05, 0.1) is 0 Å². The number of hydrogen-bond acceptors (Lipinski definition) is 7. The Kier molecular flexibility index (Phi) is 19.9. The number of carbonyl (C=O) groups is 3. The molecule has 0 aliphatic rings. The van der Waals surface area contributed by atoms with Crippen molar-refractivity contribution in [2.24, 2.45) is 0 Å². The van der Waals surface area contributed by atoms with Crippen molar-refractivity contribution in [1.82, 2.24) is 0 Å². The molecule has 232 valence electrons. The van der Waals surface area contributed by atoms with Gasteiger partial charge in [0.1, 0.15) is 11.5 Å². The summed E-state index contributed by atoms with van der Waals surface area (Å²) in [7, 11) is 0. The third-order valence-electron chi connectivity index (χ3n) is 7.27. The molecule has 5 nitrogen and oxygen atoms in total. The summed E-state index contributed by atoms with van der Waals surface area (Å²) in [6.45, 7) is 0. The van der Waals surface area contributed by atoms with Crippen LogP contribution in [0.15, 0.2) is 48.5 Å². The minimum absolute atomic E-state index is 0.151. The molecule has 0 aromatic heterocycles. The Balaban J connectivity index is 1.63. The van der Waals surface area contributed by atoms with Gasteiger partial charge >= 0.3 is 11.9 Å². The Hall–Kier alpha value is -2.25. The molecule has 0 bridgehead atoms. The van der Waals surface area contributed by atoms with Gasteiger partial charge < -0.3 is 9.47 Å². The first-order valence-corrected chi connectivity index (χ1v) is 17.2. The largest absolute Gasteiger partial charge is 0.427 e. The number of carbonyl (C=O) groups excluding carboxylic acids is 3. The molecule has 0 spiro atoms. The molecule has 2 aromatic carbocycles. The lowest BCUT2D eigenvalue weighted by molar-refractivity contribution is -0.135. The van der Waals surface area contributed by atoms with Crippen molar-refractivity contribution in [3.8, 4) is 11.5 Å². The second-order valence-corrected chi connectivity index (χ2v) is 11.8. The number of ether oxygens (including phenoxy) is 2. The van der Waals surface area contributed by atoms with Crippen molar-refractivity contribution in [3.05, 3.63) is 59.7 Å². The molecule has 0 unspecified atom stereocenters. The van der Waals surface area contributed by atoms with Crippen molar-refractivity contribution in [2.75, 3.05) is 11.5 Å². The first-order chi connectivity index (χ1) is 20.5. The topological polar surface area (TPSA) is 69.7 Å². The van der Waals surface area contributed by atoms with Gasteiger partial charge in [-0.3, -0.25) is 14.4 Å². The summed E-state index contributed by atoms with van der Waals surface area (Å²) >= 11 is 8.47. The van der Waals surface area contributed by atoms with Gasteiger partial charge in [-0.05, 0) is 85.7 Å². The average Bonchev–Trinajstić information content (AvgIpc) is 3.00. The Morgan fingerprint density at radius 1 is 0.429 bits per heavy atom. The summed E-state index contributed by atoms with van der Waals surface area (Å²) in [6.07, 6.45) is 19.1. The van der Waals surface area contributed by atoms with Crippen molar-refractivity contribution < 1.29 is 23.9 Å². The zero-order valence-electron chi connectivity index (χ0n) is 25.2. The molecule has 0 atom stereocenters. The van der Waals surface area contributed by atoms with Crippen molar-refractivity contribution in [3.63, 3.8) is 0 Å². The lowest BCUT2D eigenvalue weighted by atomic mass is 10.0. The summed E-state index contributed by atoms with van der Waals surface area (Å²) in [4.78, 5) is 37.2. The first kappa shape index (κ1) is 35.9. The molecule has 0 aliphatic heterocycles. The molecule has 0 saturated carbocycles. The van der Waals surface area contributed by atoms with E-state index in [0.717, 1.165) is 50.0 Å². The smallest absolute Gasteiger partial charge is 0.311 e. The molecule has 0 saturated heterocycles. The van der Waals surface area contributed by atoms with Crippen LogP contribution in [-0.4, -0.2) is 29.2 Å². The summed E-state index contributed by atoms with van der Waals surface area (Å²) in [6, 6.07) is 13.2. The maximum atomic E-state index is 12.9. The van der Waals surface area contributed by atoms with Crippen LogP contribution in [0.25, 0.3) is 0 Å². The number of thiol groups is 2. The molecule has 0 aliphatic carbocycles. The Morgan fingerprint density at radius 2 is 0.714 bits per heavy atom. The fourth-order valence-electron chi connectivity index (χ4n) is 4.76. The van der Waals surface area contributed by atoms with E-state index in [-0.39, 0.29) is 17.7 Å². The summed E-state index contributed by atoms with van der Waals surface area (Å²) in [5.41, 5.74) is 0.992. The SMILES string of the molecule is O=C(CCCCCCCCCCS)Oc1ccc(C(=O)c2ccc(OC(=O)CCCCCCCCCCS)cc2)cc1. The molecule has 7 heteroatoms. The second kappa shape index (κ2) is 23.2. The van der Waals surface area contributed by atoms with Crippen LogP contribution in [0.1, 0.15) is 131 Å². The van der Waals surface area contributed by atoms with Gasteiger partial charge in [0.15, 0.2) is 5.78 Å². The van der Waals surface area contributed by atoms with Crippen molar-refractivity contribution in [2.45, 2.75) is 116 Å². The number of hydrogen-bond donors (Lipinski definition) is 2. The summed E-state index contributed by atoms with van der Waals surface area (Å²) in [5, 5.41) is 0. The van der Waals surface area contributed by atoms with E-state index in [0.29, 0.717) is 35.5 Å². The molecule has 2 aromatic rings. The van der Waals surface area contributed by atoms with Gasteiger partial charge in [-0.2, -0.15) is 25.3 Å². The highest BCUT2D eigenvalue weighted by molar-refractivity contribution is 7.80. The van der Waals surface area contributed by atoms with Crippen LogP contribution in [-0.2, 0) is 9.59 Å². The van der Waals surface area contributed by atoms with E-state index in [2.05, 4.69) is 25.3 Å². The number of unbranched alkanes of at least 4 members (excludes halogenated alkanes) is 14. The third-order valence-corrected chi connectivity index (χ3v) is 7.91. The normalized spacial score (nSPS) is 10.9. The van der Waals surface area contributed by atoms with E-state index >= 15 is 0 Å². The summed E-state index contributed by atoms with van der Waals surface area (Å²) < 4.78 is 10.9. The maximum absolute atomic E-state index is 12.9. The fourth-order valence-corrected chi connectivity index (χ4v) is 5.21. The standard InChI is InChI=1S/C35H50O5S2/c36-33(17-13-9-5-1-3-7-11-15-27-41)39-31-23-19-29(20-24-31)35(38)30-21-25-32(26-22-30)40-34(37)18-14-10-6-2-4-8-12-16-28-42/h19-26,41-42H,1-18,27-28H2. The molecule has 42 heavy (non-hydrogen) atoms. The Morgan fingerprint density at radius 3 is 1.02 bits per heavy atom. The second-order valence-electron chi connectivity index (χ2n) is 10.9. The third kappa shape index (κ3) is 16.4. The first-order valence-electron chi connectivity index (χ1n) is 15.9. The Labute approximate surface area is 264 Å². The van der Waals surface area contributed by atoms with Crippen LogP contribution in [0.3, 0.4) is 0 Å². The minimum atomic E-state index is -0.247. The number of rotatable bonds is 24. The van der Waals surface area contributed by atoms with Gasteiger partial charge in [-0.15, -0.1) is 0 Å². The highest BCUT2D eigenvalue weighted by Crippen LogP contribution is 2.20. The minimum Gasteiger partial charge on any atom is -0.427 e. The zero-order valence-corrected chi connectivity index (χ0v) is 27.0. The highest BCUT2D eigenvalue weighted by atomic mass is 32.1. The zero-order chi connectivity index (χ0) is 30.3. The van der Waals surface area contributed by atoms with Gasteiger partial charge in [0.2, 0.25) is 0 Å². The summed E-state index contributed by atoms with van der Waals surface area (Å²) in [5.74, 6) is 2.16. The van der Waals surface area contributed by atoms with Crippen LogP contribution in [0.2, 0.25) is 0 Å². The van der Waals surface area contributed by atoms with E-state index < -0.39 is 0 Å². The lowest BCUT2D eigenvalue weighted by Gasteiger charge is -2.07. The van der Waals surface area contributed by atoms with Crippen LogP contribution in [0.4, 0.5) is 0 Å². The fraction of sp³-hybridized carbons (Fsp3) is 0.571. The molecule has 0 radical (unpaired) electrons. The lowest BCUT2D eigenvalue weighted by Crippen LogP contribution is -2.08. The quantitative estimate of drug-likeness (QED) is 0.0405. The molecular formula is C35H50O5S2. The van der Waals surface area contributed by atoms with E-state index in [1.165, 1.54) is 64.2 Å². The van der Waals surface area contributed by atoms with E-state index in [4.69, 9.17) is 9.47 Å². The molecule has 0 fully saturated rings. The van der Waals surface area contributed by atoms with Gasteiger partial charge in [-0.1, -0.05) is 77.0 Å².